The lowest BCUT2D eigenvalue weighted by Crippen LogP contribution is -2.30. The van der Waals surface area contributed by atoms with E-state index in [0.29, 0.717) is 19.0 Å². The molecule has 3 rings (SSSR count). The first-order valence-electron chi connectivity index (χ1n) is 7.90. The molecule has 1 amide bonds. The van der Waals surface area contributed by atoms with Crippen LogP contribution in [0.5, 0.6) is 0 Å². The maximum Gasteiger partial charge on any atom is 0.227 e. The molecule has 0 saturated carbocycles. The van der Waals surface area contributed by atoms with Gasteiger partial charge in [-0.15, -0.1) is 10.2 Å². The first kappa shape index (κ1) is 14.8. The van der Waals surface area contributed by atoms with E-state index in [1.807, 2.05) is 16.7 Å². The number of carbonyl (C=O) groups excluding carboxylic acids is 1. The Hall–Kier alpha value is -2.17. The maximum absolute atomic E-state index is 12.4. The van der Waals surface area contributed by atoms with Crippen LogP contribution in [0.15, 0.2) is 30.6 Å². The van der Waals surface area contributed by atoms with Crippen LogP contribution < -0.4 is 5.32 Å². The number of carbonyl (C=O) groups is 1. The predicted octanol–water partition coefficient (Wildman–Crippen LogP) is 2.25. The number of nitrogens with one attached hydrogen (secondary N) is 1. The number of hydrogen-bond acceptors (Lipinski definition) is 3. The second kappa shape index (κ2) is 6.30. The smallest absolute Gasteiger partial charge is 0.227 e. The fraction of sp³-hybridized carbons (Fsp3) is 0.471. The Kier molecular flexibility index (Phi) is 4.22. The average Bonchev–Trinajstić information content (AvgIpc) is 3.13. The van der Waals surface area contributed by atoms with Crippen molar-refractivity contribution in [3.8, 4) is 0 Å². The zero-order valence-corrected chi connectivity index (χ0v) is 13.1. The van der Waals surface area contributed by atoms with Gasteiger partial charge in [0.15, 0.2) is 0 Å². The summed E-state index contributed by atoms with van der Waals surface area (Å²) in [6.07, 6.45) is 4.36. The largest absolute Gasteiger partial charge is 0.355 e. The maximum atomic E-state index is 12.4. The monoisotopic (exact) mass is 298 g/mol. The molecule has 116 valence electrons. The zero-order valence-electron chi connectivity index (χ0n) is 13.1. The van der Waals surface area contributed by atoms with Crippen LogP contribution in [-0.2, 0) is 17.6 Å². The fourth-order valence-corrected chi connectivity index (χ4v) is 3.13. The minimum atomic E-state index is -0.000770. The summed E-state index contributed by atoms with van der Waals surface area (Å²) < 4.78 is 2.04. The molecule has 2 aromatic rings. The Bertz CT molecular complexity index is 662. The predicted molar refractivity (Wildman–Crippen MR) is 84.6 cm³/mol. The quantitative estimate of drug-likeness (QED) is 0.921. The lowest BCUT2D eigenvalue weighted by Gasteiger charge is -2.13. The van der Waals surface area contributed by atoms with Crippen molar-refractivity contribution in [2.75, 3.05) is 6.54 Å². The highest BCUT2D eigenvalue weighted by atomic mass is 16.1. The Labute approximate surface area is 130 Å². The molecular formula is C17H22N4O. The van der Waals surface area contributed by atoms with E-state index in [2.05, 4.69) is 41.5 Å². The molecule has 1 aromatic heterocycles. The van der Waals surface area contributed by atoms with Crippen molar-refractivity contribution in [3.63, 3.8) is 0 Å². The molecule has 0 spiro atoms. The van der Waals surface area contributed by atoms with Crippen molar-refractivity contribution in [2.45, 2.75) is 45.1 Å². The van der Waals surface area contributed by atoms with Gasteiger partial charge in [-0.3, -0.25) is 4.79 Å². The first-order chi connectivity index (χ1) is 10.7. The highest BCUT2D eigenvalue weighted by molar-refractivity contribution is 5.84. The van der Waals surface area contributed by atoms with Crippen molar-refractivity contribution in [1.29, 1.82) is 0 Å². The summed E-state index contributed by atoms with van der Waals surface area (Å²) in [5.41, 5.74) is 2.49. The molecule has 5 heteroatoms. The molecule has 5 nitrogen and oxygen atoms in total. The number of aromatic nitrogens is 3. The van der Waals surface area contributed by atoms with Crippen LogP contribution in [0.3, 0.4) is 0 Å². The van der Waals surface area contributed by atoms with Crippen LogP contribution in [0.25, 0.3) is 0 Å². The lowest BCUT2D eigenvalue weighted by atomic mass is 10.0. The van der Waals surface area contributed by atoms with Crippen LogP contribution in [0.1, 0.15) is 49.2 Å². The van der Waals surface area contributed by atoms with Crippen molar-refractivity contribution in [2.24, 2.45) is 0 Å². The topological polar surface area (TPSA) is 59.8 Å². The Morgan fingerprint density at radius 1 is 1.41 bits per heavy atom. The van der Waals surface area contributed by atoms with Crippen molar-refractivity contribution < 1.29 is 4.79 Å². The molecule has 1 aliphatic carbocycles. The zero-order chi connectivity index (χ0) is 15.5. The van der Waals surface area contributed by atoms with E-state index in [1.54, 1.807) is 6.33 Å². The van der Waals surface area contributed by atoms with Gasteiger partial charge in [0.1, 0.15) is 12.2 Å². The molecule has 1 heterocycles. The summed E-state index contributed by atoms with van der Waals surface area (Å²) in [6.45, 7) is 4.80. The van der Waals surface area contributed by atoms with Crippen molar-refractivity contribution in [3.05, 3.63) is 47.5 Å². The summed E-state index contributed by atoms with van der Waals surface area (Å²) in [7, 11) is 0. The highest BCUT2D eigenvalue weighted by Crippen LogP contribution is 2.32. The second-order valence-corrected chi connectivity index (χ2v) is 6.08. The van der Waals surface area contributed by atoms with Gasteiger partial charge in [0.05, 0.1) is 5.92 Å². The molecule has 0 radical (unpaired) electrons. The van der Waals surface area contributed by atoms with Crippen molar-refractivity contribution >= 4 is 5.91 Å². The van der Waals surface area contributed by atoms with E-state index in [-0.39, 0.29) is 11.8 Å². The summed E-state index contributed by atoms with van der Waals surface area (Å²) in [4.78, 5) is 12.4. The Morgan fingerprint density at radius 2 is 2.23 bits per heavy atom. The summed E-state index contributed by atoms with van der Waals surface area (Å²) in [5.74, 6) is 1.04. The van der Waals surface area contributed by atoms with Crippen LogP contribution in [-0.4, -0.2) is 27.2 Å². The number of nitrogens with zero attached hydrogens (tertiary/aromatic N) is 3. The van der Waals surface area contributed by atoms with E-state index in [0.717, 1.165) is 18.7 Å². The molecule has 1 N–H and O–H groups in total. The van der Waals surface area contributed by atoms with E-state index >= 15 is 0 Å². The van der Waals surface area contributed by atoms with E-state index < -0.39 is 0 Å². The number of benzene rings is 1. The van der Waals surface area contributed by atoms with E-state index in [4.69, 9.17) is 0 Å². The number of rotatable bonds is 5. The van der Waals surface area contributed by atoms with Crippen molar-refractivity contribution in [1.82, 2.24) is 20.1 Å². The Morgan fingerprint density at radius 3 is 3.05 bits per heavy atom. The molecule has 1 unspecified atom stereocenters. The summed E-state index contributed by atoms with van der Waals surface area (Å²) in [5, 5.41) is 11.1. The fourth-order valence-electron chi connectivity index (χ4n) is 3.13. The van der Waals surface area contributed by atoms with Gasteiger partial charge in [-0.1, -0.05) is 24.3 Å². The molecule has 1 atom stereocenters. The van der Waals surface area contributed by atoms with Crippen LogP contribution in [0, 0.1) is 0 Å². The standard InChI is InChI=1S/C17H22N4O/c1-12(2)21-11-19-20-16(21)9-10-18-17(22)15-8-7-13-5-3-4-6-14(13)15/h3-6,11-12,15H,7-10H2,1-2H3,(H,18,22). The molecule has 0 aliphatic heterocycles. The number of aryl methyl sites for hydroxylation is 1. The Balaban J connectivity index is 1.56. The molecule has 0 saturated heterocycles. The van der Waals surface area contributed by atoms with E-state index in [9.17, 15) is 4.79 Å². The summed E-state index contributed by atoms with van der Waals surface area (Å²) in [6, 6.07) is 8.57. The third kappa shape index (κ3) is 2.89. The van der Waals surface area contributed by atoms with Crippen LogP contribution >= 0.6 is 0 Å². The molecule has 0 fully saturated rings. The van der Waals surface area contributed by atoms with Gasteiger partial charge >= 0.3 is 0 Å². The SMILES string of the molecule is CC(C)n1cnnc1CCNC(=O)C1CCc2ccccc21. The van der Waals surface area contributed by atoms with Gasteiger partial charge in [0, 0.05) is 19.0 Å². The van der Waals surface area contributed by atoms with Gasteiger partial charge in [-0.05, 0) is 37.8 Å². The van der Waals surface area contributed by atoms with Gasteiger partial charge < -0.3 is 9.88 Å². The average molecular weight is 298 g/mol. The molecular weight excluding hydrogens is 276 g/mol. The minimum absolute atomic E-state index is 0.000770. The van der Waals surface area contributed by atoms with Gasteiger partial charge in [-0.2, -0.15) is 0 Å². The summed E-state index contributed by atoms with van der Waals surface area (Å²) >= 11 is 0. The third-order valence-electron chi connectivity index (χ3n) is 4.30. The number of fused-ring (bicyclic) bond motifs is 1. The molecule has 1 aliphatic rings. The number of amides is 1. The number of hydrogen-bond donors (Lipinski definition) is 1. The molecule has 22 heavy (non-hydrogen) atoms. The minimum Gasteiger partial charge on any atom is -0.355 e. The lowest BCUT2D eigenvalue weighted by molar-refractivity contribution is -0.122. The second-order valence-electron chi connectivity index (χ2n) is 6.08. The highest BCUT2D eigenvalue weighted by Gasteiger charge is 2.27. The third-order valence-corrected chi connectivity index (χ3v) is 4.30. The van der Waals surface area contributed by atoms with Crippen LogP contribution in [0.2, 0.25) is 0 Å². The van der Waals surface area contributed by atoms with Gasteiger partial charge in [0.2, 0.25) is 5.91 Å². The van der Waals surface area contributed by atoms with Gasteiger partial charge in [-0.25, -0.2) is 0 Å². The van der Waals surface area contributed by atoms with Gasteiger partial charge in [0.25, 0.3) is 0 Å². The van der Waals surface area contributed by atoms with Crippen LogP contribution in [0.4, 0.5) is 0 Å². The first-order valence-corrected chi connectivity index (χ1v) is 7.90. The molecule has 0 bridgehead atoms. The normalized spacial score (nSPS) is 16.8. The van der Waals surface area contributed by atoms with E-state index in [1.165, 1.54) is 11.1 Å². The molecule has 1 aromatic carbocycles.